The maximum atomic E-state index is 12.5. The number of hydrogen-bond acceptors (Lipinski definition) is 4. The molecule has 0 atom stereocenters. The van der Waals surface area contributed by atoms with E-state index in [0.717, 1.165) is 33.0 Å². The van der Waals surface area contributed by atoms with Crippen molar-refractivity contribution in [3.63, 3.8) is 0 Å². The number of aromatic nitrogens is 1. The summed E-state index contributed by atoms with van der Waals surface area (Å²) in [5.41, 5.74) is 6.46. The number of rotatable bonds is 4. The molecule has 3 rings (SSSR count). The lowest BCUT2D eigenvalue weighted by molar-refractivity contribution is -0.114. The normalized spacial score (nSPS) is 10.9. The number of anilines is 2. The van der Waals surface area contributed by atoms with E-state index in [2.05, 4.69) is 31.3 Å². The van der Waals surface area contributed by atoms with Crippen LogP contribution in [0.1, 0.15) is 22.3 Å². The number of carbonyl (C=O) groups excluding carboxylic acids is 1. The lowest BCUT2D eigenvalue weighted by Gasteiger charge is -2.17. The second kappa shape index (κ2) is 6.84. The third kappa shape index (κ3) is 3.51. The fourth-order valence-electron chi connectivity index (χ4n) is 2.88. The predicted molar refractivity (Wildman–Crippen MR) is 107 cm³/mol. The molecule has 0 aliphatic heterocycles. The minimum atomic E-state index is -0.0346. The molecule has 0 aliphatic rings. The van der Waals surface area contributed by atoms with Gasteiger partial charge in [-0.2, -0.15) is 0 Å². The van der Waals surface area contributed by atoms with E-state index in [1.807, 2.05) is 44.0 Å². The maximum Gasteiger partial charge on any atom is 0.243 e. The van der Waals surface area contributed by atoms with Crippen molar-refractivity contribution >= 4 is 38.3 Å². The quantitative estimate of drug-likeness (QED) is 0.745. The molecule has 0 aliphatic carbocycles. The zero-order valence-electron chi connectivity index (χ0n) is 15.3. The van der Waals surface area contributed by atoms with Crippen molar-refractivity contribution in [1.82, 2.24) is 4.98 Å². The number of aryl methyl sites for hydroxylation is 4. The zero-order chi connectivity index (χ0) is 18.1. The Labute approximate surface area is 152 Å². The van der Waals surface area contributed by atoms with E-state index in [9.17, 15) is 4.79 Å². The molecular weight excluding hydrogens is 330 g/mol. The van der Waals surface area contributed by atoms with Crippen LogP contribution in [-0.4, -0.2) is 24.5 Å². The molecule has 0 saturated carbocycles. The van der Waals surface area contributed by atoms with Gasteiger partial charge in [0.15, 0.2) is 5.13 Å². The number of carbonyl (C=O) groups is 1. The van der Waals surface area contributed by atoms with Crippen LogP contribution in [0, 0.1) is 27.7 Å². The van der Waals surface area contributed by atoms with Gasteiger partial charge in [-0.1, -0.05) is 41.7 Å². The minimum absolute atomic E-state index is 0.0346. The first kappa shape index (κ1) is 17.4. The predicted octanol–water partition coefficient (Wildman–Crippen LogP) is 4.60. The maximum absolute atomic E-state index is 12.5. The zero-order valence-corrected chi connectivity index (χ0v) is 16.1. The van der Waals surface area contributed by atoms with Crippen molar-refractivity contribution in [2.75, 3.05) is 23.8 Å². The molecule has 0 fully saturated rings. The molecule has 1 amide bonds. The second-order valence-electron chi connectivity index (χ2n) is 6.54. The first-order chi connectivity index (χ1) is 11.9. The van der Waals surface area contributed by atoms with Crippen molar-refractivity contribution in [1.29, 1.82) is 0 Å². The Morgan fingerprint density at radius 1 is 1.04 bits per heavy atom. The van der Waals surface area contributed by atoms with Crippen molar-refractivity contribution in [2.45, 2.75) is 27.7 Å². The monoisotopic (exact) mass is 353 g/mol. The SMILES string of the molecule is Cc1cccc(C)c1NC(=O)CN(C)c1nc2c(C)ccc(C)c2s1. The van der Waals surface area contributed by atoms with Crippen LogP contribution in [0.5, 0.6) is 0 Å². The van der Waals surface area contributed by atoms with Gasteiger partial charge in [-0.25, -0.2) is 4.98 Å². The molecular formula is C20H23N3OS. The van der Waals surface area contributed by atoms with E-state index < -0.39 is 0 Å². The van der Waals surface area contributed by atoms with Crippen LogP contribution in [-0.2, 0) is 4.79 Å². The molecule has 4 nitrogen and oxygen atoms in total. The molecule has 25 heavy (non-hydrogen) atoms. The van der Waals surface area contributed by atoms with Gasteiger partial charge in [-0.15, -0.1) is 0 Å². The average molecular weight is 353 g/mol. The first-order valence-corrected chi connectivity index (χ1v) is 9.12. The van der Waals surface area contributed by atoms with Crippen molar-refractivity contribution in [3.8, 4) is 0 Å². The van der Waals surface area contributed by atoms with Crippen LogP contribution < -0.4 is 10.2 Å². The number of nitrogens with zero attached hydrogens (tertiary/aromatic N) is 2. The van der Waals surface area contributed by atoms with Crippen LogP contribution in [0.2, 0.25) is 0 Å². The van der Waals surface area contributed by atoms with Gasteiger partial charge in [0.25, 0.3) is 0 Å². The molecule has 5 heteroatoms. The number of fused-ring (bicyclic) bond motifs is 1. The first-order valence-electron chi connectivity index (χ1n) is 8.30. The molecule has 130 valence electrons. The highest BCUT2D eigenvalue weighted by Gasteiger charge is 2.15. The lowest BCUT2D eigenvalue weighted by Crippen LogP contribution is -2.30. The summed E-state index contributed by atoms with van der Waals surface area (Å²) in [6, 6.07) is 10.2. The van der Waals surface area contributed by atoms with Crippen molar-refractivity contribution < 1.29 is 4.79 Å². The number of likely N-dealkylation sites (N-methyl/N-ethyl adjacent to an activating group) is 1. The number of thiazole rings is 1. The van der Waals surface area contributed by atoms with Gasteiger partial charge < -0.3 is 10.2 Å². The highest BCUT2D eigenvalue weighted by Crippen LogP contribution is 2.32. The van der Waals surface area contributed by atoms with E-state index in [1.165, 1.54) is 10.3 Å². The summed E-state index contributed by atoms with van der Waals surface area (Å²) in [4.78, 5) is 19.1. The fourth-order valence-corrected chi connectivity index (χ4v) is 3.96. The Balaban J connectivity index is 1.78. The number of amides is 1. The summed E-state index contributed by atoms with van der Waals surface area (Å²) in [6.45, 7) is 8.44. The Morgan fingerprint density at radius 2 is 1.68 bits per heavy atom. The summed E-state index contributed by atoms with van der Waals surface area (Å²) in [5.74, 6) is -0.0346. The van der Waals surface area contributed by atoms with Crippen LogP contribution >= 0.6 is 11.3 Å². The summed E-state index contributed by atoms with van der Waals surface area (Å²) in [6.07, 6.45) is 0. The number of para-hydroxylation sites is 1. The van der Waals surface area contributed by atoms with Gasteiger partial charge in [-0.3, -0.25) is 4.79 Å². The third-order valence-corrected chi connectivity index (χ3v) is 5.69. The lowest BCUT2D eigenvalue weighted by atomic mass is 10.1. The van der Waals surface area contributed by atoms with Crippen molar-refractivity contribution in [3.05, 3.63) is 52.6 Å². The van der Waals surface area contributed by atoms with E-state index in [4.69, 9.17) is 4.98 Å². The Kier molecular flexibility index (Phi) is 4.77. The van der Waals surface area contributed by atoms with Gasteiger partial charge >= 0.3 is 0 Å². The Morgan fingerprint density at radius 3 is 2.32 bits per heavy atom. The Hall–Kier alpha value is -2.40. The van der Waals surface area contributed by atoms with Gasteiger partial charge in [0.2, 0.25) is 5.91 Å². The van der Waals surface area contributed by atoms with Crippen LogP contribution in [0.25, 0.3) is 10.2 Å². The summed E-state index contributed by atoms with van der Waals surface area (Å²) >= 11 is 1.64. The van der Waals surface area contributed by atoms with Crippen molar-refractivity contribution in [2.24, 2.45) is 0 Å². The summed E-state index contributed by atoms with van der Waals surface area (Å²) in [7, 11) is 1.91. The molecule has 0 unspecified atom stereocenters. The molecule has 1 N–H and O–H groups in total. The molecule has 0 bridgehead atoms. The molecule has 2 aromatic carbocycles. The van der Waals surface area contributed by atoms with E-state index in [-0.39, 0.29) is 12.5 Å². The van der Waals surface area contributed by atoms with Gasteiger partial charge in [0.05, 0.1) is 16.8 Å². The molecule has 3 aromatic rings. The summed E-state index contributed by atoms with van der Waals surface area (Å²) in [5, 5.41) is 3.90. The van der Waals surface area contributed by atoms with Gasteiger partial charge in [0, 0.05) is 12.7 Å². The number of nitrogens with one attached hydrogen (secondary N) is 1. The number of benzene rings is 2. The molecule has 0 spiro atoms. The second-order valence-corrected chi connectivity index (χ2v) is 7.52. The largest absolute Gasteiger partial charge is 0.342 e. The topological polar surface area (TPSA) is 45.2 Å². The van der Waals surface area contributed by atoms with E-state index >= 15 is 0 Å². The highest BCUT2D eigenvalue weighted by atomic mass is 32.1. The van der Waals surface area contributed by atoms with Gasteiger partial charge in [-0.05, 0) is 49.9 Å². The van der Waals surface area contributed by atoms with E-state index in [0.29, 0.717) is 0 Å². The molecule has 0 saturated heterocycles. The third-order valence-electron chi connectivity index (χ3n) is 4.38. The van der Waals surface area contributed by atoms with Crippen LogP contribution in [0.4, 0.5) is 10.8 Å². The highest BCUT2D eigenvalue weighted by molar-refractivity contribution is 7.22. The molecule has 1 heterocycles. The minimum Gasteiger partial charge on any atom is -0.342 e. The fraction of sp³-hybridized carbons (Fsp3) is 0.300. The van der Waals surface area contributed by atoms with Crippen LogP contribution in [0.15, 0.2) is 30.3 Å². The van der Waals surface area contributed by atoms with E-state index in [1.54, 1.807) is 11.3 Å². The molecule has 0 radical (unpaired) electrons. The molecule has 1 aromatic heterocycles. The standard InChI is InChI=1S/C20H23N3OS/c1-12-7-6-8-13(2)17(12)21-16(24)11-23(5)20-22-18-14(3)9-10-15(4)19(18)25-20/h6-10H,11H2,1-5H3,(H,21,24). The average Bonchev–Trinajstić information content (AvgIpc) is 3.01. The Bertz CT molecular complexity index is 886. The number of hydrogen-bond donors (Lipinski definition) is 1. The van der Waals surface area contributed by atoms with Crippen LogP contribution in [0.3, 0.4) is 0 Å². The summed E-state index contributed by atoms with van der Waals surface area (Å²) < 4.78 is 1.19. The van der Waals surface area contributed by atoms with Gasteiger partial charge in [0.1, 0.15) is 0 Å². The smallest absolute Gasteiger partial charge is 0.243 e.